The van der Waals surface area contributed by atoms with Gasteiger partial charge in [0, 0.05) is 32.7 Å². The average molecular weight is 351 g/mol. The highest BCUT2D eigenvalue weighted by atomic mass is 16.5. The molecule has 3 rings (SSSR count). The van der Waals surface area contributed by atoms with Crippen LogP contribution in [0.1, 0.15) is 51.4 Å². The third-order valence-corrected chi connectivity index (χ3v) is 5.50. The lowest BCUT2D eigenvalue weighted by Gasteiger charge is -2.35. The Hall–Kier alpha value is -1.63. The summed E-state index contributed by atoms with van der Waals surface area (Å²) in [5, 5.41) is 5.50. The Kier molecular flexibility index (Phi) is 6.29. The van der Waals surface area contributed by atoms with Crippen molar-refractivity contribution in [3.63, 3.8) is 0 Å². The molecule has 25 heavy (non-hydrogen) atoms. The molecule has 140 valence electrons. The molecule has 7 heteroatoms. The first-order valence-electron chi connectivity index (χ1n) is 9.61. The number of ether oxygens (including phenoxy) is 1. The molecular formula is C18H29N3O4. The minimum Gasteiger partial charge on any atom is -0.376 e. The smallest absolute Gasteiger partial charge is 0.252 e. The van der Waals surface area contributed by atoms with E-state index in [1.165, 1.54) is 24.2 Å². The van der Waals surface area contributed by atoms with Gasteiger partial charge < -0.3 is 20.3 Å². The molecule has 3 aliphatic rings. The van der Waals surface area contributed by atoms with Crippen molar-refractivity contribution in [2.45, 2.75) is 63.5 Å². The molecule has 2 N–H and O–H groups in total. The lowest BCUT2D eigenvalue weighted by molar-refractivity contribution is -0.150. The van der Waals surface area contributed by atoms with E-state index in [0.29, 0.717) is 32.0 Å². The summed E-state index contributed by atoms with van der Waals surface area (Å²) in [5.41, 5.74) is 0. The topological polar surface area (TPSA) is 87.7 Å². The van der Waals surface area contributed by atoms with Gasteiger partial charge in [0.25, 0.3) is 11.8 Å². The minimum atomic E-state index is -1.05. The lowest BCUT2D eigenvalue weighted by Crippen LogP contribution is -2.63. The normalized spacial score (nSPS) is 27.8. The van der Waals surface area contributed by atoms with Crippen LogP contribution in [0.25, 0.3) is 0 Å². The molecule has 2 atom stereocenters. The highest BCUT2D eigenvalue weighted by Crippen LogP contribution is 2.27. The van der Waals surface area contributed by atoms with Crippen molar-refractivity contribution in [2.75, 3.05) is 26.2 Å². The van der Waals surface area contributed by atoms with Gasteiger partial charge in [0.1, 0.15) is 0 Å². The Morgan fingerprint density at radius 3 is 2.68 bits per heavy atom. The monoisotopic (exact) mass is 351 g/mol. The molecule has 7 nitrogen and oxygen atoms in total. The van der Waals surface area contributed by atoms with Crippen LogP contribution in [0, 0.1) is 5.92 Å². The molecule has 0 bridgehead atoms. The van der Waals surface area contributed by atoms with Gasteiger partial charge in [-0.25, -0.2) is 0 Å². The summed E-state index contributed by atoms with van der Waals surface area (Å²) >= 11 is 0. The van der Waals surface area contributed by atoms with E-state index < -0.39 is 11.9 Å². The van der Waals surface area contributed by atoms with E-state index >= 15 is 0 Å². The van der Waals surface area contributed by atoms with Gasteiger partial charge in [-0.2, -0.15) is 0 Å². The molecule has 0 aromatic carbocycles. The fraction of sp³-hybridized carbons (Fsp3) is 0.833. The fourth-order valence-electron chi connectivity index (χ4n) is 4.07. The standard InChI is InChI=1S/C18H29N3O4/c22-15(11-13-5-2-1-3-6-13)21-9-8-19-17(23)16(21)18(24)20-12-14-7-4-10-25-14/h13-14,16H,1-12H2,(H,19,23)(H,20,24). The SMILES string of the molecule is O=C1NCCN(C(=O)CC2CCCCC2)C1C(=O)NCC1CCCO1. The molecule has 0 aromatic heterocycles. The van der Waals surface area contributed by atoms with Crippen LogP contribution in [-0.2, 0) is 19.1 Å². The Morgan fingerprint density at radius 1 is 1.16 bits per heavy atom. The van der Waals surface area contributed by atoms with Gasteiger partial charge in [-0.05, 0) is 31.6 Å². The zero-order valence-corrected chi connectivity index (χ0v) is 14.8. The van der Waals surface area contributed by atoms with Gasteiger partial charge in [0.2, 0.25) is 5.91 Å². The molecule has 2 unspecified atom stereocenters. The largest absolute Gasteiger partial charge is 0.376 e. The Balaban J connectivity index is 1.58. The van der Waals surface area contributed by atoms with Crippen molar-refractivity contribution < 1.29 is 19.1 Å². The summed E-state index contributed by atoms with van der Waals surface area (Å²) in [5.74, 6) is -0.460. The number of nitrogens with zero attached hydrogens (tertiary/aromatic N) is 1. The molecule has 1 aliphatic carbocycles. The van der Waals surface area contributed by atoms with Crippen LogP contribution in [0.4, 0.5) is 0 Å². The van der Waals surface area contributed by atoms with Gasteiger partial charge in [0.15, 0.2) is 6.04 Å². The van der Waals surface area contributed by atoms with E-state index in [1.807, 2.05) is 0 Å². The summed E-state index contributed by atoms with van der Waals surface area (Å²) in [4.78, 5) is 39.0. The highest BCUT2D eigenvalue weighted by Gasteiger charge is 2.39. The Labute approximate surface area is 148 Å². The van der Waals surface area contributed by atoms with Crippen molar-refractivity contribution in [2.24, 2.45) is 5.92 Å². The van der Waals surface area contributed by atoms with Crippen LogP contribution in [0.3, 0.4) is 0 Å². The van der Waals surface area contributed by atoms with E-state index in [1.54, 1.807) is 0 Å². The second-order valence-electron chi connectivity index (χ2n) is 7.37. The number of hydrogen-bond donors (Lipinski definition) is 2. The number of carbonyl (C=O) groups is 3. The molecule has 3 amide bonds. The minimum absolute atomic E-state index is 0.0157. The quantitative estimate of drug-likeness (QED) is 0.709. The molecular weight excluding hydrogens is 322 g/mol. The second-order valence-corrected chi connectivity index (χ2v) is 7.37. The van der Waals surface area contributed by atoms with E-state index in [-0.39, 0.29) is 17.9 Å². The predicted octanol–water partition coefficient (Wildman–Crippen LogP) is 0.579. The highest BCUT2D eigenvalue weighted by molar-refractivity contribution is 6.07. The molecule has 0 aromatic rings. The van der Waals surface area contributed by atoms with Gasteiger partial charge in [0.05, 0.1) is 6.10 Å². The first-order chi connectivity index (χ1) is 12.1. The first-order valence-corrected chi connectivity index (χ1v) is 9.61. The van der Waals surface area contributed by atoms with Crippen LogP contribution >= 0.6 is 0 Å². The summed E-state index contributed by atoms with van der Waals surface area (Å²) in [6.07, 6.45) is 8.10. The van der Waals surface area contributed by atoms with Crippen molar-refractivity contribution in [1.29, 1.82) is 0 Å². The number of amides is 3. The number of rotatable bonds is 5. The maximum atomic E-state index is 12.7. The molecule has 3 fully saturated rings. The zero-order valence-electron chi connectivity index (χ0n) is 14.8. The summed E-state index contributed by atoms with van der Waals surface area (Å²) in [7, 11) is 0. The lowest BCUT2D eigenvalue weighted by atomic mass is 9.86. The second kappa shape index (κ2) is 8.65. The first kappa shape index (κ1) is 18.2. The van der Waals surface area contributed by atoms with E-state index in [0.717, 1.165) is 32.3 Å². The zero-order chi connectivity index (χ0) is 17.6. The van der Waals surface area contributed by atoms with Crippen LogP contribution in [0.2, 0.25) is 0 Å². The van der Waals surface area contributed by atoms with E-state index in [4.69, 9.17) is 4.74 Å². The van der Waals surface area contributed by atoms with Crippen molar-refractivity contribution in [3.05, 3.63) is 0 Å². The van der Waals surface area contributed by atoms with Gasteiger partial charge in [-0.3, -0.25) is 14.4 Å². The third kappa shape index (κ3) is 4.71. The number of piperazine rings is 1. The summed E-state index contributed by atoms with van der Waals surface area (Å²) in [6, 6.07) is -1.05. The molecule has 0 spiro atoms. The van der Waals surface area contributed by atoms with Crippen LogP contribution in [0.5, 0.6) is 0 Å². The van der Waals surface area contributed by atoms with E-state index in [9.17, 15) is 14.4 Å². The van der Waals surface area contributed by atoms with Crippen LogP contribution in [-0.4, -0.2) is 61.0 Å². The summed E-state index contributed by atoms with van der Waals surface area (Å²) < 4.78 is 5.50. The van der Waals surface area contributed by atoms with Crippen molar-refractivity contribution in [3.8, 4) is 0 Å². The van der Waals surface area contributed by atoms with Gasteiger partial charge in [-0.1, -0.05) is 19.3 Å². The maximum absolute atomic E-state index is 12.7. The average Bonchev–Trinajstić information content (AvgIpc) is 3.14. The molecule has 2 aliphatic heterocycles. The fourth-order valence-corrected chi connectivity index (χ4v) is 4.07. The van der Waals surface area contributed by atoms with E-state index in [2.05, 4.69) is 10.6 Å². The molecule has 2 saturated heterocycles. The predicted molar refractivity (Wildman–Crippen MR) is 91.7 cm³/mol. The Morgan fingerprint density at radius 2 is 1.96 bits per heavy atom. The van der Waals surface area contributed by atoms with Crippen molar-refractivity contribution in [1.82, 2.24) is 15.5 Å². The third-order valence-electron chi connectivity index (χ3n) is 5.50. The van der Waals surface area contributed by atoms with Crippen LogP contribution < -0.4 is 10.6 Å². The number of hydrogen-bond acceptors (Lipinski definition) is 4. The number of nitrogens with one attached hydrogen (secondary N) is 2. The van der Waals surface area contributed by atoms with Gasteiger partial charge in [-0.15, -0.1) is 0 Å². The molecule has 0 radical (unpaired) electrons. The van der Waals surface area contributed by atoms with Gasteiger partial charge >= 0.3 is 0 Å². The van der Waals surface area contributed by atoms with Crippen LogP contribution in [0.15, 0.2) is 0 Å². The molecule has 2 heterocycles. The number of carbonyl (C=O) groups excluding carboxylic acids is 3. The Bertz CT molecular complexity index is 499. The van der Waals surface area contributed by atoms with Crippen molar-refractivity contribution >= 4 is 17.7 Å². The summed E-state index contributed by atoms with van der Waals surface area (Å²) in [6.45, 7) is 1.92. The maximum Gasteiger partial charge on any atom is 0.252 e. The molecule has 1 saturated carbocycles.